The molecule has 1 aromatic carbocycles. The van der Waals surface area contributed by atoms with Gasteiger partial charge in [0.1, 0.15) is 10.7 Å². The Morgan fingerprint density at radius 3 is 3.07 bits per heavy atom. The highest BCUT2D eigenvalue weighted by Crippen LogP contribution is 2.26. The smallest absolute Gasteiger partial charge is 0.168 e. The molecule has 0 aliphatic heterocycles. The number of halogens is 1. The van der Waals surface area contributed by atoms with Crippen molar-refractivity contribution in [2.24, 2.45) is 5.73 Å². The van der Waals surface area contributed by atoms with Crippen LogP contribution in [0.25, 0.3) is 10.9 Å². The maximum absolute atomic E-state index is 5.87. The molecule has 4 N–H and O–H groups in total. The molecule has 0 aliphatic carbocycles. The number of anilines is 1. The average Bonchev–Trinajstić information content (AvgIpc) is 2.49. The van der Waals surface area contributed by atoms with Crippen molar-refractivity contribution < 1.29 is 0 Å². The van der Waals surface area contributed by atoms with Crippen LogP contribution in [0.15, 0.2) is 18.2 Å². The van der Waals surface area contributed by atoms with Gasteiger partial charge in [-0.2, -0.15) is 5.10 Å². The summed E-state index contributed by atoms with van der Waals surface area (Å²) < 4.78 is 0. The lowest BCUT2D eigenvalue weighted by atomic mass is 10.2. The molecular formula is C8H7ClN4S. The summed E-state index contributed by atoms with van der Waals surface area (Å²) in [5.74, 6) is 0. The van der Waals surface area contributed by atoms with E-state index in [0.29, 0.717) is 5.15 Å². The van der Waals surface area contributed by atoms with Crippen molar-refractivity contribution in [1.29, 1.82) is 0 Å². The molecule has 0 radical (unpaired) electrons. The molecular weight excluding hydrogens is 220 g/mol. The summed E-state index contributed by atoms with van der Waals surface area (Å²) in [5, 5.41) is 11.1. The van der Waals surface area contributed by atoms with Crippen LogP contribution in [0.5, 0.6) is 0 Å². The van der Waals surface area contributed by atoms with Crippen LogP contribution in [-0.4, -0.2) is 15.3 Å². The van der Waals surface area contributed by atoms with E-state index in [2.05, 4.69) is 15.5 Å². The maximum Gasteiger partial charge on any atom is 0.168 e. The highest BCUT2D eigenvalue weighted by atomic mass is 35.5. The number of aromatic amines is 1. The van der Waals surface area contributed by atoms with Gasteiger partial charge in [-0.1, -0.05) is 17.7 Å². The van der Waals surface area contributed by atoms with E-state index < -0.39 is 0 Å². The molecule has 0 bridgehead atoms. The zero-order chi connectivity index (χ0) is 10.1. The molecule has 0 atom stereocenters. The minimum atomic E-state index is 0.205. The molecule has 0 spiro atoms. The van der Waals surface area contributed by atoms with E-state index in [9.17, 15) is 0 Å². The third-order valence-electron chi connectivity index (χ3n) is 1.80. The van der Waals surface area contributed by atoms with Crippen LogP contribution in [-0.2, 0) is 0 Å². The predicted molar refractivity (Wildman–Crippen MR) is 61.5 cm³/mol. The van der Waals surface area contributed by atoms with E-state index in [1.165, 1.54) is 0 Å². The zero-order valence-corrected chi connectivity index (χ0v) is 8.62. The maximum atomic E-state index is 5.87. The second kappa shape index (κ2) is 3.43. The first-order chi connectivity index (χ1) is 6.68. The number of benzene rings is 1. The highest BCUT2D eigenvalue weighted by molar-refractivity contribution is 7.80. The first-order valence-electron chi connectivity index (χ1n) is 3.87. The number of fused-ring (bicyclic) bond motifs is 1. The number of para-hydroxylation sites is 1. The molecule has 4 nitrogen and oxygen atoms in total. The summed E-state index contributed by atoms with van der Waals surface area (Å²) in [4.78, 5) is 0. The molecule has 2 aromatic rings. The summed E-state index contributed by atoms with van der Waals surface area (Å²) >= 11 is 10.6. The fraction of sp³-hybridized carbons (Fsp3) is 0. The van der Waals surface area contributed by atoms with Gasteiger partial charge in [-0.25, -0.2) is 0 Å². The minimum Gasteiger partial charge on any atom is -0.376 e. The second-order valence-corrected chi connectivity index (χ2v) is 3.55. The first kappa shape index (κ1) is 9.23. The highest BCUT2D eigenvalue weighted by Gasteiger charge is 2.06. The molecule has 1 heterocycles. The summed E-state index contributed by atoms with van der Waals surface area (Å²) in [6, 6.07) is 5.55. The lowest BCUT2D eigenvalue weighted by Gasteiger charge is -2.03. The van der Waals surface area contributed by atoms with E-state index in [1.807, 2.05) is 18.2 Å². The third-order valence-corrected chi connectivity index (χ3v) is 2.19. The molecule has 0 unspecified atom stereocenters. The summed E-state index contributed by atoms with van der Waals surface area (Å²) in [6.45, 7) is 0. The number of nitrogens with one attached hydrogen (secondary N) is 2. The molecule has 0 amide bonds. The largest absolute Gasteiger partial charge is 0.376 e. The number of nitrogens with zero attached hydrogens (tertiary/aromatic N) is 1. The number of thiocarbonyl (C=S) groups is 1. The van der Waals surface area contributed by atoms with Gasteiger partial charge >= 0.3 is 0 Å². The molecule has 0 saturated heterocycles. The van der Waals surface area contributed by atoms with Crippen molar-refractivity contribution in [2.45, 2.75) is 0 Å². The van der Waals surface area contributed by atoms with Crippen molar-refractivity contribution in [1.82, 2.24) is 10.2 Å². The SMILES string of the molecule is NC(=S)Nc1cccc2c(Cl)[nH]nc12. The van der Waals surface area contributed by atoms with E-state index in [-0.39, 0.29) is 5.11 Å². The Hall–Kier alpha value is -1.33. The number of aromatic nitrogens is 2. The third kappa shape index (κ3) is 1.51. The van der Waals surface area contributed by atoms with Gasteiger partial charge in [-0.15, -0.1) is 0 Å². The van der Waals surface area contributed by atoms with Crippen molar-refractivity contribution in [3.8, 4) is 0 Å². The Morgan fingerprint density at radius 2 is 2.36 bits per heavy atom. The fourth-order valence-corrected chi connectivity index (χ4v) is 1.54. The lowest BCUT2D eigenvalue weighted by molar-refractivity contribution is 1.12. The van der Waals surface area contributed by atoms with Gasteiger partial charge in [0.2, 0.25) is 0 Å². The van der Waals surface area contributed by atoms with Crippen molar-refractivity contribution in [3.63, 3.8) is 0 Å². The molecule has 14 heavy (non-hydrogen) atoms. The molecule has 1 aromatic heterocycles. The van der Waals surface area contributed by atoms with Gasteiger partial charge in [0.05, 0.1) is 5.69 Å². The lowest BCUT2D eigenvalue weighted by Crippen LogP contribution is -2.18. The van der Waals surface area contributed by atoms with E-state index in [4.69, 9.17) is 29.6 Å². The molecule has 0 saturated carbocycles. The first-order valence-corrected chi connectivity index (χ1v) is 4.66. The van der Waals surface area contributed by atoms with E-state index >= 15 is 0 Å². The summed E-state index contributed by atoms with van der Waals surface area (Å²) in [6.07, 6.45) is 0. The fourth-order valence-electron chi connectivity index (χ4n) is 1.24. The molecule has 72 valence electrons. The predicted octanol–water partition coefficient (Wildman–Crippen LogP) is 1.87. The average molecular weight is 227 g/mol. The van der Waals surface area contributed by atoms with E-state index in [1.54, 1.807) is 0 Å². The van der Waals surface area contributed by atoms with Gasteiger partial charge in [0, 0.05) is 5.39 Å². The minimum absolute atomic E-state index is 0.205. The van der Waals surface area contributed by atoms with Crippen LogP contribution in [0, 0.1) is 0 Å². The second-order valence-electron chi connectivity index (χ2n) is 2.73. The summed E-state index contributed by atoms with van der Waals surface area (Å²) in [5.41, 5.74) is 6.85. The van der Waals surface area contributed by atoms with Crippen LogP contribution in [0.1, 0.15) is 0 Å². The van der Waals surface area contributed by atoms with Gasteiger partial charge in [0.25, 0.3) is 0 Å². The molecule has 0 fully saturated rings. The topological polar surface area (TPSA) is 66.7 Å². The Kier molecular flexibility index (Phi) is 2.26. The van der Waals surface area contributed by atoms with E-state index in [0.717, 1.165) is 16.6 Å². The number of nitrogens with two attached hydrogens (primary N) is 1. The van der Waals surface area contributed by atoms with Crippen LogP contribution in [0.3, 0.4) is 0 Å². The monoisotopic (exact) mass is 226 g/mol. The Balaban J connectivity index is 2.59. The van der Waals surface area contributed by atoms with Crippen molar-refractivity contribution in [2.75, 3.05) is 5.32 Å². The Bertz CT molecular complexity index is 493. The number of rotatable bonds is 1. The van der Waals surface area contributed by atoms with Crippen LogP contribution >= 0.6 is 23.8 Å². The van der Waals surface area contributed by atoms with Crippen molar-refractivity contribution in [3.05, 3.63) is 23.4 Å². The number of hydrogen-bond donors (Lipinski definition) is 3. The Labute approximate surface area is 90.4 Å². The van der Waals surface area contributed by atoms with Gasteiger partial charge < -0.3 is 11.1 Å². The Morgan fingerprint density at radius 1 is 1.57 bits per heavy atom. The standard InChI is InChI=1S/C8H7ClN4S/c9-7-4-2-1-3-5(11-8(10)14)6(4)12-13-7/h1-3H,(H,12,13)(H3,10,11,14). The quantitative estimate of drug-likeness (QED) is 0.650. The number of H-pyrrole nitrogens is 1. The van der Waals surface area contributed by atoms with Crippen LogP contribution < -0.4 is 11.1 Å². The zero-order valence-electron chi connectivity index (χ0n) is 7.04. The van der Waals surface area contributed by atoms with Gasteiger partial charge in [0.15, 0.2) is 5.11 Å². The molecule has 2 rings (SSSR count). The van der Waals surface area contributed by atoms with Gasteiger partial charge in [-0.05, 0) is 24.4 Å². The van der Waals surface area contributed by atoms with Crippen LogP contribution in [0.2, 0.25) is 5.15 Å². The number of hydrogen-bond acceptors (Lipinski definition) is 2. The summed E-state index contributed by atoms with van der Waals surface area (Å²) in [7, 11) is 0. The molecule has 0 aliphatic rings. The molecule has 6 heteroatoms. The van der Waals surface area contributed by atoms with Crippen molar-refractivity contribution >= 4 is 45.5 Å². The van der Waals surface area contributed by atoms with Crippen LogP contribution in [0.4, 0.5) is 5.69 Å². The normalized spacial score (nSPS) is 10.4. The van der Waals surface area contributed by atoms with Gasteiger partial charge in [-0.3, -0.25) is 5.10 Å².